The molecule has 18 nitrogen and oxygen atoms in total. The average molecular weight is 1340 g/mol. The Bertz CT molecular complexity index is 2390. The minimum absolute atomic E-state index is 0. The Morgan fingerprint density at radius 2 is 0.786 bits per heavy atom. The quantitative estimate of drug-likeness (QED) is 0.0235. The zero-order valence-electron chi connectivity index (χ0n) is 52.3. The van der Waals surface area contributed by atoms with E-state index in [9.17, 15) is 9.59 Å². The van der Waals surface area contributed by atoms with Crippen LogP contribution in [0.3, 0.4) is 0 Å². The normalized spacial score (nSPS) is 12.7. The van der Waals surface area contributed by atoms with Crippen molar-refractivity contribution in [1.29, 1.82) is 0 Å². The number of hydrogen-bond donors (Lipinski definition) is 4. The van der Waals surface area contributed by atoms with Crippen LogP contribution < -0.4 is 110 Å². The molecule has 4 heterocycles. The van der Waals surface area contributed by atoms with Crippen molar-refractivity contribution in [3.05, 3.63) is 61.2 Å². The molecule has 0 unspecified atom stereocenters. The van der Waals surface area contributed by atoms with E-state index in [-0.39, 0.29) is 70.6 Å². The lowest BCUT2D eigenvalue weighted by Gasteiger charge is -2.39. The zero-order chi connectivity index (χ0) is 57.2. The summed E-state index contributed by atoms with van der Waals surface area (Å²) in [5.41, 5.74) is 15.1. The molecule has 0 bridgehead atoms. The number of hydrogen-bond acceptors (Lipinski definition) is 10. The number of aromatic nitrogens is 4. The molecule has 0 atom stereocenters. The maximum absolute atomic E-state index is 11.2. The van der Waals surface area contributed by atoms with Crippen molar-refractivity contribution in [2.45, 2.75) is 196 Å². The van der Waals surface area contributed by atoms with E-state index in [0.29, 0.717) is 13.1 Å². The van der Waals surface area contributed by atoms with Gasteiger partial charge in [-0.3, -0.25) is 9.59 Å². The summed E-state index contributed by atoms with van der Waals surface area (Å²) in [7, 11) is 0. The SMILES string of the molecule is CCCCCN1CCN(CCCCC)c2cc(N=Nc3n(CCCCNC(C)=O)cc[n+]3CCCCNC(C)=O)ccc21.CCCCCN1CCN(CCCCC)c2cc(N=Nc3n(CCCC[NH3+])cc[n+]3CCCC[NH3+])ccc21.[Br-].[Br-].[Cl-].[Cl-]. The van der Waals surface area contributed by atoms with Crippen LogP contribution in [0, 0.1) is 0 Å². The Balaban J connectivity index is 0.000000809. The number of aryl methyl sites for hydroxylation is 4. The first kappa shape index (κ1) is 77.7. The van der Waals surface area contributed by atoms with Gasteiger partial charge in [-0.1, -0.05) is 89.3 Å². The van der Waals surface area contributed by atoms with E-state index in [4.69, 9.17) is 20.5 Å². The number of azo groups is 2. The smallest absolute Gasteiger partial charge is 0.421 e. The van der Waals surface area contributed by atoms with Gasteiger partial charge in [-0.15, -0.1) is 0 Å². The third-order valence-corrected chi connectivity index (χ3v) is 15.3. The van der Waals surface area contributed by atoms with Gasteiger partial charge in [0.2, 0.25) is 11.8 Å². The highest BCUT2D eigenvalue weighted by atomic mass is 79.9. The van der Waals surface area contributed by atoms with Crippen molar-refractivity contribution in [2.24, 2.45) is 20.5 Å². The molecule has 0 aliphatic carbocycles. The first-order chi connectivity index (χ1) is 39.1. The van der Waals surface area contributed by atoms with Gasteiger partial charge in [-0.05, 0) is 113 Å². The number of unbranched alkanes of at least 4 members (excludes halogenated alkanes) is 12. The van der Waals surface area contributed by atoms with Crippen LogP contribution in [-0.4, -0.2) is 99.5 Å². The molecule has 2 amide bonds. The molecule has 4 aromatic rings. The zero-order valence-corrected chi connectivity index (χ0v) is 57.0. The summed E-state index contributed by atoms with van der Waals surface area (Å²) in [4.78, 5) is 32.7. The van der Waals surface area contributed by atoms with E-state index < -0.39 is 0 Å². The van der Waals surface area contributed by atoms with Crippen LogP contribution in [0.4, 0.5) is 46.0 Å². The van der Waals surface area contributed by atoms with Gasteiger partial charge in [-0.2, -0.15) is 0 Å². The van der Waals surface area contributed by atoms with Crippen molar-refractivity contribution in [2.75, 3.05) is 98.1 Å². The van der Waals surface area contributed by atoms with Crippen molar-refractivity contribution >= 4 is 57.8 Å². The summed E-state index contributed by atoms with van der Waals surface area (Å²) < 4.78 is 8.79. The van der Waals surface area contributed by atoms with Gasteiger partial charge < -0.3 is 100 Å². The van der Waals surface area contributed by atoms with Gasteiger partial charge in [0, 0.05) is 89.5 Å². The molecule has 0 saturated heterocycles. The Hall–Kier alpha value is -4.34. The van der Waals surface area contributed by atoms with Crippen LogP contribution in [0.15, 0.2) is 81.6 Å². The maximum Gasteiger partial charge on any atom is 0.421 e. The van der Waals surface area contributed by atoms with Gasteiger partial charge >= 0.3 is 11.9 Å². The predicted octanol–water partition coefficient (Wildman–Crippen LogP) is -1.71. The second-order valence-electron chi connectivity index (χ2n) is 22.0. The fourth-order valence-electron chi connectivity index (χ4n) is 10.6. The molecule has 476 valence electrons. The van der Waals surface area contributed by atoms with Crippen LogP contribution in [0.5, 0.6) is 0 Å². The second-order valence-corrected chi connectivity index (χ2v) is 22.0. The topological polar surface area (TPSA) is 193 Å². The standard InChI is InChI=1S/C33H54N8O2.C29H51N8.2BrH.2ClH/c1-5-7-11-19-38-23-24-39(20-12-8-6-2)32-27-30(15-16-31(32)38)36-37-33-40(21-13-9-17-34-28(3)42)25-26-41(33)22-14-10-18-35-29(4)43;1-3-5-9-17-34-21-22-35(18-10-6-4-2)28-25-26(13-14-27(28)34)32-33-29-36(19-11-7-15-30)23-24-37(29)20-12-8-16-31;;;;/h15-16,25-27H,5-14,17-24H2,1-4H3,(H-,34,35,42,43);13-14,23-25H,3-12,15-22,30-31H2,1-2H3;4*1H/q;+1;;;;/p-1. The summed E-state index contributed by atoms with van der Waals surface area (Å²) >= 11 is 0. The number of nitrogens with zero attached hydrogens (tertiary/aromatic N) is 12. The monoisotopic (exact) mass is 1340 g/mol. The number of benzene rings is 2. The van der Waals surface area contributed by atoms with Crippen LogP contribution in [0.2, 0.25) is 0 Å². The summed E-state index contributed by atoms with van der Waals surface area (Å²) in [6, 6.07) is 13.2. The molecule has 2 aliphatic heterocycles. The number of anilines is 4. The van der Waals surface area contributed by atoms with Crippen LogP contribution in [-0.2, 0) is 35.8 Å². The van der Waals surface area contributed by atoms with Crippen molar-refractivity contribution in [3.8, 4) is 0 Å². The Morgan fingerprint density at radius 3 is 1.15 bits per heavy atom. The average Bonchev–Trinajstić information content (AvgIpc) is 4.04. The van der Waals surface area contributed by atoms with Gasteiger partial charge in [0.05, 0.1) is 86.8 Å². The molecule has 2 aromatic carbocycles. The molecular weight excluding hydrogens is 1230 g/mol. The lowest BCUT2D eigenvalue weighted by atomic mass is 10.1. The molecule has 0 fully saturated rings. The molecule has 8 N–H and O–H groups in total. The molecular formula is C62H108Br2Cl2N16O2. The van der Waals surface area contributed by atoms with E-state index in [2.05, 4.69) is 149 Å². The molecule has 0 saturated carbocycles. The molecule has 22 heteroatoms. The number of carbonyl (C=O) groups excluding carboxylic acids is 2. The Labute approximate surface area is 539 Å². The summed E-state index contributed by atoms with van der Waals surface area (Å²) in [5.74, 6) is 1.76. The third kappa shape index (κ3) is 27.1. The first-order valence-corrected chi connectivity index (χ1v) is 31.5. The lowest BCUT2D eigenvalue weighted by molar-refractivity contribution is -0.684. The van der Waals surface area contributed by atoms with E-state index in [1.165, 1.54) is 99.8 Å². The Kier molecular flexibility index (Phi) is 42.4. The van der Waals surface area contributed by atoms with Crippen LogP contribution >= 0.6 is 0 Å². The Morgan fingerprint density at radius 1 is 0.452 bits per heavy atom. The number of fused-ring (bicyclic) bond motifs is 2. The van der Waals surface area contributed by atoms with E-state index in [0.717, 1.165) is 166 Å². The molecule has 84 heavy (non-hydrogen) atoms. The number of carbonyl (C=O) groups is 2. The highest BCUT2D eigenvalue weighted by Gasteiger charge is 2.26. The van der Waals surface area contributed by atoms with Crippen LogP contribution in [0.1, 0.15) is 170 Å². The van der Waals surface area contributed by atoms with Gasteiger partial charge in [0.25, 0.3) is 0 Å². The number of nitrogens with one attached hydrogen (secondary N) is 2. The maximum atomic E-state index is 11.2. The molecule has 2 aliphatic rings. The molecule has 6 rings (SSSR count). The molecule has 2 aromatic heterocycles. The van der Waals surface area contributed by atoms with E-state index in [1.54, 1.807) is 13.8 Å². The number of halogens is 4. The first-order valence-electron chi connectivity index (χ1n) is 31.5. The minimum Gasteiger partial charge on any atom is -1.00 e. The predicted molar refractivity (Wildman–Crippen MR) is 327 cm³/mol. The highest BCUT2D eigenvalue weighted by Crippen LogP contribution is 2.39. The summed E-state index contributed by atoms with van der Waals surface area (Å²) in [6.45, 7) is 27.7. The fourth-order valence-corrected chi connectivity index (χ4v) is 10.6. The number of amides is 2. The second kappa shape index (κ2) is 45.9. The van der Waals surface area contributed by atoms with Crippen LogP contribution in [0.25, 0.3) is 0 Å². The number of rotatable bonds is 38. The fraction of sp³-hybridized carbons (Fsp3) is 0.677. The summed E-state index contributed by atoms with van der Waals surface area (Å²) in [5, 5.41) is 24.9. The van der Waals surface area contributed by atoms with Gasteiger partial charge in [-0.25, -0.2) is 18.3 Å². The summed E-state index contributed by atoms with van der Waals surface area (Å²) in [6.07, 6.45) is 31.5. The third-order valence-electron chi connectivity index (χ3n) is 15.3. The van der Waals surface area contributed by atoms with E-state index in [1.807, 2.05) is 0 Å². The van der Waals surface area contributed by atoms with Crippen molar-refractivity contribution in [3.63, 3.8) is 0 Å². The largest absolute Gasteiger partial charge is 1.00 e. The van der Waals surface area contributed by atoms with Crippen molar-refractivity contribution in [1.82, 2.24) is 19.8 Å². The number of imidazole rings is 2. The molecule has 0 spiro atoms. The molecule has 0 radical (unpaired) electrons. The van der Waals surface area contributed by atoms with Crippen molar-refractivity contribution < 1.29 is 89.0 Å². The lowest BCUT2D eigenvalue weighted by Crippen LogP contribution is -3.00. The number of quaternary nitrogens is 2. The highest BCUT2D eigenvalue weighted by molar-refractivity contribution is 5.78. The van der Waals surface area contributed by atoms with E-state index >= 15 is 0 Å². The minimum atomic E-state index is 0. The van der Waals surface area contributed by atoms with Gasteiger partial charge in [0.15, 0.2) is 0 Å². The van der Waals surface area contributed by atoms with Gasteiger partial charge in [0.1, 0.15) is 11.4 Å².